The van der Waals surface area contributed by atoms with Gasteiger partial charge in [-0.05, 0) is 37.2 Å². The number of carbonyl (C=O) groups is 4. The summed E-state index contributed by atoms with van der Waals surface area (Å²) in [6, 6.07) is 8.86. The molecule has 9 nitrogen and oxygen atoms in total. The van der Waals surface area contributed by atoms with Crippen molar-refractivity contribution in [3.63, 3.8) is 0 Å². The zero-order chi connectivity index (χ0) is 29.3. The van der Waals surface area contributed by atoms with Crippen LogP contribution in [0.1, 0.15) is 84.1 Å². The van der Waals surface area contributed by atoms with E-state index in [4.69, 9.17) is 4.74 Å². The number of benzene rings is 1. The van der Waals surface area contributed by atoms with Gasteiger partial charge in [-0.1, -0.05) is 70.4 Å². The van der Waals surface area contributed by atoms with E-state index < -0.39 is 17.9 Å². The highest BCUT2D eigenvalue weighted by Crippen LogP contribution is 2.28. The van der Waals surface area contributed by atoms with Crippen molar-refractivity contribution >= 4 is 40.5 Å². The Morgan fingerprint density at radius 2 is 1.88 bits per heavy atom. The van der Waals surface area contributed by atoms with Crippen LogP contribution in [0.2, 0.25) is 0 Å². The molecule has 1 heterocycles. The number of Topliss-reactive ketones (excluding diaryl/α,β-unsaturated/α-hetero) is 1. The highest BCUT2D eigenvalue weighted by Gasteiger charge is 2.34. The maximum atomic E-state index is 13.6. The van der Waals surface area contributed by atoms with E-state index in [1.807, 2.05) is 51.1 Å². The van der Waals surface area contributed by atoms with E-state index in [-0.39, 0.29) is 43.0 Å². The number of aromatic nitrogens is 1. The number of ketones is 1. The van der Waals surface area contributed by atoms with Crippen LogP contribution in [0, 0.1) is 17.8 Å². The second-order valence-electron chi connectivity index (χ2n) is 10.5. The summed E-state index contributed by atoms with van der Waals surface area (Å²) < 4.78 is 5.33. The van der Waals surface area contributed by atoms with E-state index in [9.17, 15) is 24.4 Å². The smallest absolute Gasteiger partial charge is 0.306 e. The van der Waals surface area contributed by atoms with Gasteiger partial charge >= 0.3 is 5.97 Å². The Morgan fingerprint density at radius 3 is 2.50 bits per heavy atom. The molecule has 10 heteroatoms. The van der Waals surface area contributed by atoms with E-state index in [1.165, 1.54) is 11.3 Å². The molecule has 2 aromatic rings. The molecule has 0 saturated carbocycles. The summed E-state index contributed by atoms with van der Waals surface area (Å²) in [6.07, 6.45) is 6.35. The molecule has 1 aromatic heterocycles. The number of hydrogen-bond donors (Lipinski definition) is 2. The maximum Gasteiger partial charge on any atom is 0.306 e. The van der Waals surface area contributed by atoms with Gasteiger partial charge in [0.2, 0.25) is 12.3 Å². The molecule has 0 radical (unpaired) electrons. The third kappa shape index (κ3) is 12.0. The van der Waals surface area contributed by atoms with Gasteiger partial charge in [0.05, 0.1) is 6.04 Å². The molecule has 0 bridgehead atoms. The average molecular weight is 574 g/mol. The predicted octanol–water partition coefficient (Wildman–Crippen LogP) is 6.03. The summed E-state index contributed by atoms with van der Waals surface area (Å²) in [4.78, 5) is 54.4. The molecule has 0 aliphatic rings. The first-order valence-corrected chi connectivity index (χ1v) is 15.0. The fourth-order valence-electron chi connectivity index (χ4n) is 4.76. The zero-order valence-corrected chi connectivity index (χ0v) is 24.6. The van der Waals surface area contributed by atoms with Gasteiger partial charge in [-0.2, -0.15) is 0 Å². The minimum atomic E-state index is -0.637. The zero-order valence-electron chi connectivity index (χ0n) is 23.8. The van der Waals surface area contributed by atoms with Gasteiger partial charge in [-0.15, -0.1) is 11.3 Å². The van der Waals surface area contributed by atoms with Crippen LogP contribution in [0.3, 0.4) is 0 Å². The van der Waals surface area contributed by atoms with Crippen molar-refractivity contribution in [1.82, 2.24) is 10.0 Å². The lowest BCUT2D eigenvalue weighted by molar-refractivity contribution is -0.169. The highest BCUT2D eigenvalue weighted by molar-refractivity contribution is 7.13. The third-order valence-electron chi connectivity index (χ3n) is 6.79. The van der Waals surface area contributed by atoms with Gasteiger partial charge in [-0.25, -0.2) is 10.0 Å². The molecule has 0 fully saturated rings. The molecule has 2 rings (SSSR count). The summed E-state index contributed by atoms with van der Waals surface area (Å²) >= 11 is 1.30. The second kappa shape index (κ2) is 18.3. The molecule has 3 atom stereocenters. The predicted molar refractivity (Wildman–Crippen MR) is 155 cm³/mol. The standard InChI is InChI=1S/C30H43N3O6S/c1-4-11-26(33(38)21-34)25(18-22(2)3)27(35)19-24(29(37)32-30-31-16-17-40-30)14-9-6-10-15-28(36)39-20-23-12-7-5-8-13-23/h5,7-8,12-13,16-17,21-22,24-26,38H,4,6,9-11,14-15,18-20H2,1-3H3,(H,31,32,37)/t24-,25-,26+/m1/s1. The van der Waals surface area contributed by atoms with Crippen LogP contribution in [-0.2, 0) is 30.5 Å². The van der Waals surface area contributed by atoms with Gasteiger partial charge in [0.25, 0.3) is 0 Å². The number of ether oxygens (including phenoxy) is 1. The quantitative estimate of drug-likeness (QED) is 0.0651. The molecular weight excluding hydrogens is 530 g/mol. The molecule has 0 spiro atoms. The van der Waals surface area contributed by atoms with E-state index in [0.29, 0.717) is 61.6 Å². The van der Waals surface area contributed by atoms with E-state index in [2.05, 4.69) is 10.3 Å². The normalized spacial score (nSPS) is 13.3. The topological polar surface area (TPSA) is 126 Å². The Morgan fingerprint density at radius 1 is 1.12 bits per heavy atom. The summed E-state index contributed by atoms with van der Waals surface area (Å²) in [5.74, 6) is -1.70. The number of carbonyl (C=O) groups excluding carboxylic acids is 4. The summed E-state index contributed by atoms with van der Waals surface area (Å²) in [5.41, 5.74) is 0.934. The van der Waals surface area contributed by atoms with Crippen LogP contribution in [0.4, 0.5) is 5.13 Å². The van der Waals surface area contributed by atoms with Crippen LogP contribution >= 0.6 is 11.3 Å². The van der Waals surface area contributed by atoms with Gasteiger partial charge in [0.1, 0.15) is 12.4 Å². The van der Waals surface area contributed by atoms with Crippen LogP contribution in [0.15, 0.2) is 41.9 Å². The number of thiazole rings is 1. The minimum absolute atomic E-state index is 0.000619. The van der Waals surface area contributed by atoms with Crippen LogP contribution in [0.5, 0.6) is 0 Å². The van der Waals surface area contributed by atoms with E-state index in [1.54, 1.807) is 11.6 Å². The molecule has 0 aliphatic heterocycles. The van der Waals surface area contributed by atoms with Crippen LogP contribution < -0.4 is 5.32 Å². The largest absolute Gasteiger partial charge is 0.461 e. The van der Waals surface area contributed by atoms with Gasteiger partial charge in [0.15, 0.2) is 5.13 Å². The highest BCUT2D eigenvalue weighted by atomic mass is 32.1. The monoisotopic (exact) mass is 573 g/mol. The van der Waals surface area contributed by atoms with Gasteiger partial charge in [-0.3, -0.25) is 24.4 Å². The molecule has 0 saturated heterocycles. The number of rotatable bonds is 20. The first kappa shape index (κ1) is 33.1. The number of hydroxylamine groups is 2. The minimum Gasteiger partial charge on any atom is -0.461 e. The summed E-state index contributed by atoms with van der Waals surface area (Å²) in [7, 11) is 0. The van der Waals surface area contributed by atoms with Crippen molar-refractivity contribution in [2.45, 2.75) is 91.2 Å². The lowest BCUT2D eigenvalue weighted by Crippen LogP contribution is -2.42. The number of anilines is 1. The van der Waals surface area contributed by atoms with Crippen molar-refractivity contribution in [3.8, 4) is 0 Å². The number of unbranched alkanes of at least 4 members (excludes halogenated alkanes) is 2. The molecule has 2 N–H and O–H groups in total. The van der Waals surface area contributed by atoms with Gasteiger partial charge < -0.3 is 10.1 Å². The van der Waals surface area contributed by atoms with Gasteiger partial charge in [0, 0.05) is 36.3 Å². The Hall–Kier alpha value is -3.11. The molecule has 2 amide bonds. The molecule has 40 heavy (non-hydrogen) atoms. The first-order valence-electron chi connectivity index (χ1n) is 14.1. The Balaban J connectivity index is 1.98. The maximum absolute atomic E-state index is 13.6. The molecule has 0 unspecified atom stereocenters. The number of nitrogens with zero attached hydrogens (tertiary/aromatic N) is 2. The SMILES string of the molecule is CCC[C@@H]([C@@H](CC(C)C)C(=O)C[C@@H](CCCCCC(=O)OCc1ccccc1)C(=O)Nc1nccs1)N(O)C=O. The van der Waals surface area contributed by atoms with Crippen molar-refractivity contribution in [3.05, 3.63) is 47.5 Å². The summed E-state index contributed by atoms with van der Waals surface area (Å²) in [5, 5.41) is 15.9. The fourth-order valence-corrected chi connectivity index (χ4v) is 5.29. The molecular formula is C30H43N3O6S. The van der Waals surface area contributed by atoms with E-state index >= 15 is 0 Å². The fraction of sp³-hybridized carbons (Fsp3) is 0.567. The van der Waals surface area contributed by atoms with E-state index in [0.717, 1.165) is 5.56 Å². The number of hydrogen-bond acceptors (Lipinski definition) is 8. The van der Waals surface area contributed by atoms with Crippen LogP contribution in [0.25, 0.3) is 0 Å². The number of esters is 1. The van der Waals surface area contributed by atoms with Crippen molar-refractivity contribution < 1.29 is 29.1 Å². The molecule has 220 valence electrons. The molecule has 1 aromatic carbocycles. The van der Waals surface area contributed by atoms with Crippen LogP contribution in [-0.4, -0.2) is 45.4 Å². The average Bonchev–Trinajstić information content (AvgIpc) is 3.45. The van der Waals surface area contributed by atoms with Crippen molar-refractivity contribution in [1.29, 1.82) is 0 Å². The second-order valence-corrected chi connectivity index (χ2v) is 11.4. The number of nitrogens with one attached hydrogen (secondary N) is 1. The number of amides is 2. The van der Waals surface area contributed by atoms with Crippen molar-refractivity contribution in [2.75, 3.05) is 5.32 Å². The Kier molecular flexibility index (Phi) is 15.1. The first-order chi connectivity index (χ1) is 19.2. The third-order valence-corrected chi connectivity index (χ3v) is 7.48. The summed E-state index contributed by atoms with van der Waals surface area (Å²) in [6.45, 7) is 6.16. The Bertz CT molecular complexity index is 1030. The lowest BCUT2D eigenvalue weighted by atomic mass is 9.80. The Labute approximate surface area is 241 Å². The van der Waals surface area contributed by atoms with Crippen molar-refractivity contribution in [2.24, 2.45) is 17.8 Å². The lowest BCUT2D eigenvalue weighted by Gasteiger charge is -2.31. The molecule has 0 aliphatic carbocycles.